The van der Waals surface area contributed by atoms with Crippen molar-refractivity contribution in [2.24, 2.45) is 0 Å². The number of carboxylic acids is 1. The van der Waals surface area contributed by atoms with E-state index >= 15 is 0 Å². The van der Waals surface area contributed by atoms with Crippen molar-refractivity contribution in [2.45, 2.75) is 13.3 Å². The number of hydrogen-bond donors (Lipinski definition) is 1. The minimum atomic E-state index is -1.13. The van der Waals surface area contributed by atoms with Crippen LogP contribution in [0.2, 0.25) is 0 Å². The summed E-state index contributed by atoms with van der Waals surface area (Å²) >= 11 is 0. The first-order valence-corrected chi connectivity index (χ1v) is 9.38. The fraction of sp³-hybridized carbons (Fsp3) is 0.136. The van der Waals surface area contributed by atoms with Crippen LogP contribution in [0.15, 0.2) is 49.1 Å². The molecule has 0 fully saturated rings. The van der Waals surface area contributed by atoms with E-state index in [1.807, 2.05) is 24.3 Å². The highest BCUT2D eigenvalue weighted by atomic mass is 19.1. The monoisotopic (exact) mass is 401 g/mol. The number of benzene rings is 2. The summed E-state index contributed by atoms with van der Waals surface area (Å²) in [5, 5.41) is 9.99. The fourth-order valence-corrected chi connectivity index (χ4v) is 3.76. The van der Waals surface area contributed by atoms with Gasteiger partial charge in [0.25, 0.3) is 0 Å². The molecule has 0 amide bonds. The van der Waals surface area contributed by atoms with Gasteiger partial charge < -0.3 is 10.0 Å². The first-order chi connectivity index (χ1) is 14.5. The SMILES string of the molecule is Cc1cc2c(cc1F)CCN2c1ncnc2ccc(-c3cncc(C(=O)O)n3)cc12. The molecule has 0 bridgehead atoms. The van der Waals surface area contributed by atoms with Gasteiger partial charge in [0.15, 0.2) is 5.69 Å². The van der Waals surface area contributed by atoms with Crippen molar-refractivity contribution >= 4 is 28.4 Å². The molecule has 1 aliphatic heterocycles. The first kappa shape index (κ1) is 18.1. The Kier molecular flexibility index (Phi) is 4.13. The van der Waals surface area contributed by atoms with Crippen LogP contribution in [-0.4, -0.2) is 37.6 Å². The summed E-state index contributed by atoms with van der Waals surface area (Å²) in [5.41, 5.74) is 4.25. The molecule has 1 aliphatic rings. The maximum atomic E-state index is 14.0. The third kappa shape index (κ3) is 2.93. The standard InChI is InChI=1S/C22H16FN5O2/c1-12-6-20-14(8-16(12)23)4-5-28(20)21-15-7-13(2-3-17(15)25-11-26-21)18-9-24-10-19(27-18)22(29)30/h2-3,6-11H,4-5H2,1H3,(H,29,30). The number of hydrogen-bond acceptors (Lipinski definition) is 6. The van der Waals surface area contributed by atoms with Crippen LogP contribution in [0.25, 0.3) is 22.2 Å². The van der Waals surface area contributed by atoms with Gasteiger partial charge in [-0.1, -0.05) is 6.07 Å². The molecule has 7 nitrogen and oxygen atoms in total. The topological polar surface area (TPSA) is 92.1 Å². The summed E-state index contributed by atoms with van der Waals surface area (Å²) in [5.74, 6) is -0.623. The van der Waals surface area contributed by atoms with Gasteiger partial charge in [0.05, 0.1) is 23.6 Å². The van der Waals surface area contributed by atoms with E-state index in [1.54, 1.807) is 13.0 Å². The predicted molar refractivity (Wildman–Crippen MR) is 109 cm³/mol. The number of fused-ring (bicyclic) bond motifs is 2. The average Bonchev–Trinajstić information content (AvgIpc) is 3.15. The number of rotatable bonds is 3. The van der Waals surface area contributed by atoms with Gasteiger partial charge in [0.1, 0.15) is 18.0 Å². The van der Waals surface area contributed by atoms with Gasteiger partial charge in [-0.3, -0.25) is 4.98 Å². The molecule has 0 atom stereocenters. The highest BCUT2D eigenvalue weighted by molar-refractivity contribution is 5.95. The molecule has 0 saturated heterocycles. The second-order valence-electron chi connectivity index (χ2n) is 7.16. The van der Waals surface area contributed by atoms with Crippen molar-refractivity contribution in [1.29, 1.82) is 0 Å². The lowest BCUT2D eigenvalue weighted by Gasteiger charge is -2.20. The third-order valence-corrected chi connectivity index (χ3v) is 5.27. The van der Waals surface area contributed by atoms with Crippen LogP contribution >= 0.6 is 0 Å². The number of anilines is 2. The Labute approximate surface area is 170 Å². The third-order valence-electron chi connectivity index (χ3n) is 5.27. The number of aryl methyl sites for hydroxylation is 1. The molecule has 0 saturated carbocycles. The Morgan fingerprint density at radius 3 is 2.87 bits per heavy atom. The number of aromatic carboxylic acids is 1. The Morgan fingerprint density at radius 1 is 1.17 bits per heavy atom. The van der Waals surface area contributed by atoms with Gasteiger partial charge in [-0.15, -0.1) is 0 Å². The van der Waals surface area contributed by atoms with Crippen molar-refractivity contribution in [3.05, 3.63) is 71.7 Å². The smallest absolute Gasteiger partial charge is 0.356 e. The van der Waals surface area contributed by atoms with Crippen molar-refractivity contribution in [3.8, 4) is 11.3 Å². The van der Waals surface area contributed by atoms with E-state index in [0.29, 0.717) is 29.2 Å². The second kappa shape index (κ2) is 6.84. The molecule has 1 N–H and O–H groups in total. The lowest BCUT2D eigenvalue weighted by molar-refractivity contribution is 0.0690. The lowest BCUT2D eigenvalue weighted by atomic mass is 10.1. The van der Waals surface area contributed by atoms with E-state index in [1.165, 1.54) is 18.7 Å². The summed E-state index contributed by atoms with van der Waals surface area (Å²) in [6.45, 7) is 2.43. The number of carboxylic acid groups (broad SMARTS) is 1. The zero-order chi connectivity index (χ0) is 20.8. The number of aromatic nitrogens is 4. The molecule has 0 radical (unpaired) electrons. The van der Waals surface area contributed by atoms with Crippen LogP contribution in [0.3, 0.4) is 0 Å². The molecule has 2 aromatic carbocycles. The van der Waals surface area contributed by atoms with Crippen molar-refractivity contribution in [1.82, 2.24) is 19.9 Å². The summed E-state index contributed by atoms with van der Waals surface area (Å²) < 4.78 is 14.0. The zero-order valence-corrected chi connectivity index (χ0v) is 16.0. The van der Waals surface area contributed by atoms with Crippen LogP contribution in [0, 0.1) is 12.7 Å². The van der Waals surface area contributed by atoms with Crippen LogP contribution in [0.4, 0.5) is 15.9 Å². The van der Waals surface area contributed by atoms with Gasteiger partial charge in [-0.25, -0.2) is 24.1 Å². The van der Waals surface area contributed by atoms with Gasteiger partial charge in [-0.2, -0.15) is 0 Å². The van der Waals surface area contributed by atoms with E-state index in [2.05, 4.69) is 24.8 Å². The Balaban J connectivity index is 1.65. The van der Waals surface area contributed by atoms with Gasteiger partial charge in [0, 0.05) is 23.2 Å². The molecule has 4 aromatic rings. The molecule has 148 valence electrons. The minimum Gasteiger partial charge on any atom is -0.476 e. The summed E-state index contributed by atoms with van der Waals surface area (Å²) in [6, 6.07) is 8.99. The quantitative estimate of drug-likeness (QED) is 0.556. The summed E-state index contributed by atoms with van der Waals surface area (Å²) in [4.78, 5) is 30.3. The Hall–Kier alpha value is -3.94. The highest BCUT2D eigenvalue weighted by Gasteiger charge is 2.24. The Bertz CT molecular complexity index is 1320. The van der Waals surface area contributed by atoms with E-state index in [0.717, 1.165) is 28.6 Å². The van der Waals surface area contributed by atoms with Crippen LogP contribution in [-0.2, 0) is 6.42 Å². The Morgan fingerprint density at radius 2 is 2.03 bits per heavy atom. The molecular formula is C22H16FN5O2. The maximum absolute atomic E-state index is 14.0. The lowest BCUT2D eigenvalue weighted by Crippen LogP contribution is -2.15. The maximum Gasteiger partial charge on any atom is 0.356 e. The molecule has 30 heavy (non-hydrogen) atoms. The summed E-state index contributed by atoms with van der Waals surface area (Å²) in [7, 11) is 0. The van der Waals surface area contributed by atoms with E-state index in [9.17, 15) is 14.3 Å². The number of halogens is 1. The normalized spacial score (nSPS) is 12.9. The molecule has 0 spiro atoms. The molecular weight excluding hydrogens is 385 g/mol. The van der Waals surface area contributed by atoms with Gasteiger partial charge >= 0.3 is 5.97 Å². The van der Waals surface area contributed by atoms with E-state index < -0.39 is 5.97 Å². The van der Waals surface area contributed by atoms with Crippen LogP contribution in [0.5, 0.6) is 0 Å². The minimum absolute atomic E-state index is 0.122. The van der Waals surface area contributed by atoms with Gasteiger partial charge in [-0.05, 0) is 48.7 Å². The number of carbonyl (C=O) groups is 1. The number of nitrogens with zero attached hydrogens (tertiary/aromatic N) is 5. The highest BCUT2D eigenvalue weighted by Crippen LogP contribution is 2.38. The van der Waals surface area contributed by atoms with Crippen molar-refractivity contribution in [3.63, 3.8) is 0 Å². The summed E-state index contributed by atoms with van der Waals surface area (Å²) in [6.07, 6.45) is 4.97. The van der Waals surface area contributed by atoms with Crippen molar-refractivity contribution in [2.75, 3.05) is 11.4 Å². The molecule has 0 aliphatic carbocycles. The van der Waals surface area contributed by atoms with E-state index in [-0.39, 0.29) is 11.5 Å². The van der Waals surface area contributed by atoms with Crippen LogP contribution in [0.1, 0.15) is 21.6 Å². The fourth-order valence-electron chi connectivity index (χ4n) is 3.76. The largest absolute Gasteiger partial charge is 0.476 e. The van der Waals surface area contributed by atoms with Gasteiger partial charge in [0.2, 0.25) is 0 Å². The zero-order valence-electron chi connectivity index (χ0n) is 16.0. The van der Waals surface area contributed by atoms with Crippen LogP contribution < -0.4 is 4.90 Å². The molecule has 8 heteroatoms. The van der Waals surface area contributed by atoms with E-state index in [4.69, 9.17) is 0 Å². The molecule has 3 heterocycles. The molecule has 2 aromatic heterocycles. The average molecular weight is 401 g/mol. The van der Waals surface area contributed by atoms with Crippen molar-refractivity contribution < 1.29 is 14.3 Å². The predicted octanol–water partition coefficient (Wildman–Crippen LogP) is 3.93. The second-order valence-corrected chi connectivity index (χ2v) is 7.16. The first-order valence-electron chi connectivity index (χ1n) is 9.38. The molecule has 0 unspecified atom stereocenters. The molecule has 5 rings (SSSR count).